The molecule has 136 valence electrons. The summed E-state index contributed by atoms with van der Waals surface area (Å²) in [6.45, 7) is 3.93. The molecule has 2 aromatic rings. The number of sulfonamides is 1. The molecule has 5 nitrogen and oxygen atoms in total. The van der Waals surface area contributed by atoms with Crippen molar-refractivity contribution in [2.24, 2.45) is 0 Å². The van der Waals surface area contributed by atoms with Crippen LogP contribution in [0.1, 0.15) is 20.3 Å². The normalized spacial score (nSPS) is 12.6. The largest absolute Gasteiger partial charge is 0.497 e. The molecule has 0 saturated carbocycles. The summed E-state index contributed by atoms with van der Waals surface area (Å²) < 4.78 is 36.8. The quantitative estimate of drug-likeness (QED) is 0.741. The number of methoxy groups -OCH3 is 1. The lowest BCUT2D eigenvalue weighted by atomic mass is 10.1. The van der Waals surface area contributed by atoms with Crippen LogP contribution < -0.4 is 14.2 Å². The van der Waals surface area contributed by atoms with Gasteiger partial charge in [0.2, 0.25) is 10.0 Å². The van der Waals surface area contributed by atoms with Crippen LogP contribution in [0.15, 0.2) is 48.5 Å². The molecule has 0 bridgehead atoms. The van der Waals surface area contributed by atoms with Crippen molar-refractivity contribution in [2.45, 2.75) is 26.4 Å². The van der Waals surface area contributed by atoms with Gasteiger partial charge in [-0.1, -0.05) is 31.2 Å². The maximum absolute atomic E-state index is 11.7. The minimum absolute atomic E-state index is 0.135. The highest BCUT2D eigenvalue weighted by Gasteiger charge is 2.11. The molecule has 0 aliphatic carbocycles. The molecule has 0 aliphatic heterocycles. The van der Waals surface area contributed by atoms with Crippen molar-refractivity contribution in [3.63, 3.8) is 0 Å². The molecule has 1 N–H and O–H groups in total. The van der Waals surface area contributed by atoms with Gasteiger partial charge in [-0.15, -0.1) is 0 Å². The van der Waals surface area contributed by atoms with Gasteiger partial charge in [0.05, 0.1) is 12.9 Å². The first kappa shape index (κ1) is 19.3. The molecule has 0 amide bonds. The Balaban J connectivity index is 1.93. The van der Waals surface area contributed by atoms with Crippen LogP contribution in [0.25, 0.3) is 11.1 Å². The van der Waals surface area contributed by atoms with Gasteiger partial charge in [-0.2, -0.15) is 0 Å². The van der Waals surface area contributed by atoms with E-state index in [4.69, 9.17) is 9.47 Å². The average molecular weight is 363 g/mol. The van der Waals surface area contributed by atoms with Crippen molar-refractivity contribution in [3.05, 3.63) is 48.5 Å². The lowest BCUT2D eigenvalue weighted by molar-refractivity contribution is 0.225. The van der Waals surface area contributed by atoms with E-state index in [9.17, 15) is 8.42 Å². The molecule has 25 heavy (non-hydrogen) atoms. The van der Waals surface area contributed by atoms with Crippen LogP contribution in [0.5, 0.6) is 11.5 Å². The molecule has 2 aromatic carbocycles. The summed E-state index contributed by atoms with van der Waals surface area (Å²) in [6.07, 6.45) is 0.343. The Kier molecular flexibility index (Phi) is 6.84. The Hall–Kier alpha value is -2.05. The van der Waals surface area contributed by atoms with E-state index < -0.39 is 10.0 Å². The van der Waals surface area contributed by atoms with Gasteiger partial charge in [0, 0.05) is 6.54 Å². The van der Waals surface area contributed by atoms with E-state index in [1.54, 1.807) is 7.11 Å². The first-order valence-corrected chi connectivity index (χ1v) is 9.97. The van der Waals surface area contributed by atoms with Crippen molar-refractivity contribution in [2.75, 3.05) is 19.4 Å². The fraction of sp³-hybridized carbons (Fsp3) is 0.368. The Morgan fingerprint density at radius 1 is 0.960 bits per heavy atom. The van der Waals surface area contributed by atoms with Crippen LogP contribution in [0.4, 0.5) is 0 Å². The van der Waals surface area contributed by atoms with E-state index in [1.807, 2.05) is 62.4 Å². The summed E-state index contributed by atoms with van der Waals surface area (Å²) in [5.41, 5.74) is 2.17. The van der Waals surface area contributed by atoms with E-state index in [2.05, 4.69) is 4.72 Å². The average Bonchev–Trinajstić information content (AvgIpc) is 2.61. The fourth-order valence-electron chi connectivity index (χ4n) is 2.37. The summed E-state index contributed by atoms with van der Waals surface area (Å²) in [5.74, 6) is 1.67. The molecule has 0 fully saturated rings. The monoisotopic (exact) mass is 363 g/mol. The van der Waals surface area contributed by atoms with E-state index in [0.29, 0.717) is 12.2 Å². The summed E-state index contributed by atoms with van der Waals surface area (Å²) in [5, 5.41) is 0. The molecule has 1 unspecified atom stereocenters. The van der Waals surface area contributed by atoms with Crippen molar-refractivity contribution in [1.82, 2.24) is 4.72 Å². The fourth-order valence-corrected chi connectivity index (χ4v) is 3.54. The minimum atomic E-state index is -3.21. The Morgan fingerprint density at radius 3 is 1.96 bits per heavy atom. The molecule has 0 saturated heterocycles. The zero-order chi connectivity index (χ0) is 18.3. The molecular weight excluding hydrogens is 338 g/mol. The second-order valence-electron chi connectivity index (χ2n) is 5.85. The van der Waals surface area contributed by atoms with E-state index in [1.165, 1.54) is 0 Å². The molecular formula is C19H25NO4S. The molecule has 0 aliphatic rings. The maximum Gasteiger partial charge on any atom is 0.211 e. The van der Waals surface area contributed by atoms with Gasteiger partial charge < -0.3 is 9.47 Å². The minimum Gasteiger partial charge on any atom is -0.497 e. The standard InChI is InChI=1S/C19H25NO4S/c1-4-13-25(21,22)20-14-15(2)24-19-11-7-17(8-12-19)16-5-9-18(23-3)10-6-16/h5-12,15,20H,4,13-14H2,1-3H3. The van der Waals surface area contributed by atoms with Gasteiger partial charge in [0.1, 0.15) is 17.6 Å². The van der Waals surface area contributed by atoms with Crippen LogP contribution in [-0.2, 0) is 10.0 Å². The molecule has 1 atom stereocenters. The number of ether oxygens (including phenoxy) is 2. The third-order valence-corrected chi connectivity index (χ3v) is 5.23. The van der Waals surface area contributed by atoms with Crippen molar-refractivity contribution < 1.29 is 17.9 Å². The Bertz CT molecular complexity index is 755. The molecule has 0 aromatic heterocycles. The van der Waals surface area contributed by atoms with Gasteiger partial charge in [-0.05, 0) is 48.7 Å². The summed E-state index contributed by atoms with van der Waals surface area (Å²) in [7, 11) is -1.56. The number of rotatable bonds is 9. The highest BCUT2D eigenvalue weighted by atomic mass is 32.2. The molecule has 6 heteroatoms. The van der Waals surface area contributed by atoms with Crippen LogP contribution in [0, 0.1) is 0 Å². The zero-order valence-electron chi connectivity index (χ0n) is 14.9. The van der Waals surface area contributed by atoms with Gasteiger partial charge in [0.15, 0.2) is 0 Å². The lowest BCUT2D eigenvalue weighted by Crippen LogP contribution is -2.34. The topological polar surface area (TPSA) is 64.6 Å². The number of benzene rings is 2. The summed E-state index contributed by atoms with van der Waals surface area (Å²) in [6, 6.07) is 15.6. The highest BCUT2D eigenvalue weighted by Crippen LogP contribution is 2.24. The van der Waals surface area contributed by atoms with Gasteiger partial charge in [-0.25, -0.2) is 13.1 Å². The van der Waals surface area contributed by atoms with Crippen LogP contribution in [0.3, 0.4) is 0 Å². The van der Waals surface area contributed by atoms with E-state index >= 15 is 0 Å². The summed E-state index contributed by atoms with van der Waals surface area (Å²) >= 11 is 0. The number of nitrogens with one attached hydrogen (secondary N) is 1. The Morgan fingerprint density at radius 2 is 1.48 bits per heavy atom. The second-order valence-corrected chi connectivity index (χ2v) is 7.78. The number of hydrogen-bond donors (Lipinski definition) is 1. The van der Waals surface area contributed by atoms with Gasteiger partial charge >= 0.3 is 0 Å². The van der Waals surface area contributed by atoms with Crippen LogP contribution in [-0.4, -0.2) is 33.9 Å². The second kappa shape index (κ2) is 8.87. The highest BCUT2D eigenvalue weighted by molar-refractivity contribution is 7.89. The first-order valence-electron chi connectivity index (χ1n) is 8.32. The smallest absolute Gasteiger partial charge is 0.211 e. The van der Waals surface area contributed by atoms with E-state index in [-0.39, 0.29) is 18.4 Å². The SMILES string of the molecule is CCCS(=O)(=O)NCC(C)Oc1ccc(-c2ccc(OC)cc2)cc1. The van der Waals surface area contributed by atoms with Gasteiger partial charge in [-0.3, -0.25) is 0 Å². The van der Waals surface area contributed by atoms with Crippen molar-refractivity contribution >= 4 is 10.0 Å². The van der Waals surface area contributed by atoms with Crippen molar-refractivity contribution in [3.8, 4) is 22.6 Å². The maximum atomic E-state index is 11.7. The number of hydrogen-bond acceptors (Lipinski definition) is 4. The Labute approximate surface area is 150 Å². The predicted octanol–water partition coefficient (Wildman–Crippen LogP) is 3.46. The predicted molar refractivity (Wildman–Crippen MR) is 101 cm³/mol. The first-order chi connectivity index (χ1) is 11.9. The summed E-state index contributed by atoms with van der Waals surface area (Å²) in [4.78, 5) is 0. The third-order valence-electron chi connectivity index (χ3n) is 3.68. The molecule has 0 radical (unpaired) electrons. The van der Waals surface area contributed by atoms with Crippen molar-refractivity contribution in [1.29, 1.82) is 0 Å². The molecule has 0 spiro atoms. The van der Waals surface area contributed by atoms with Gasteiger partial charge in [0.25, 0.3) is 0 Å². The van der Waals surface area contributed by atoms with Crippen LogP contribution >= 0.6 is 0 Å². The zero-order valence-corrected chi connectivity index (χ0v) is 15.7. The third kappa shape index (κ3) is 6.07. The molecule has 2 rings (SSSR count). The molecule has 0 heterocycles. The lowest BCUT2D eigenvalue weighted by Gasteiger charge is -2.16. The van der Waals surface area contributed by atoms with E-state index in [0.717, 1.165) is 16.9 Å². The van der Waals surface area contributed by atoms with Crippen LogP contribution in [0.2, 0.25) is 0 Å².